The molecule has 2 N–H and O–H groups in total. The van der Waals surface area contributed by atoms with Gasteiger partial charge in [0, 0.05) is 23.5 Å². The molecule has 0 spiro atoms. The summed E-state index contributed by atoms with van der Waals surface area (Å²) in [6.45, 7) is 6.88. The van der Waals surface area contributed by atoms with Crippen LogP contribution in [0.4, 0.5) is 0 Å². The van der Waals surface area contributed by atoms with Crippen molar-refractivity contribution in [3.8, 4) is 0 Å². The lowest BCUT2D eigenvalue weighted by atomic mass is 10.3. The molecular formula is C14H24N2O2S2. The summed E-state index contributed by atoms with van der Waals surface area (Å²) >= 11 is 1.38. The predicted octanol–water partition coefficient (Wildman–Crippen LogP) is 2.78. The zero-order chi connectivity index (χ0) is 14.8. The van der Waals surface area contributed by atoms with Gasteiger partial charge in [0.1, 0.15) is 4.21 Å². The third-order valence-corrected chi connectivity index (χ3v) is 6.84. The van der Waals surface area contributed by atoms with Gasteiger partial charge in [-0.15, -0.1) is 11.3 Å². The first-order chi connectivity index (χ1) is 9.38. The van der Waals surface area contributed by atoms with E-state index >= 15 is 0 Å². The summed E-state index contributed by atoms with van der Waals surface area (Å²) in [6.07, 6.45) is 4.18. The van der Waals surface area contributed by atoms with Gasteiger partial charge in [-0.1, -0.05) is 26.7 Å². The molecule has 1 aliphatic carbocycles. The molecule has 4 nitrogen and oxygen atoms in total. The summed E-state index contributed by atoms with van der Waals surface area (Å²) in [5.74, 6) is 0. The first-order valence-electron chi connectivity index (χ1n) is 7.23. The Labute approximate surface area is 126 Å². The lowest BCUT2D eigenvalue weighted by molar-refractivity contribution is 0.554. The summed E-state index contributed by atoms with van der Waals surface area (Å²) in [7, 11) is -3.34. The first kappa shape index (κ1) is 15.9. The van der Waals surface area contributed by atoms with Crippen LogP contribution in [0.5, 0.6) is 0 Å². The van der Waals surface area contributed by atoms with Crippen LogP contribution in [0.1, 0.15) is 50.0 Å². The van der Waals surface area contributed by atoms with Crippen LogP contribution in [0.15, 0.2) is 10.3 Å². The Morgan fingerprint density at radius 3 is 2.60 bits per heavy atom. The van der Waals surface area contributed by atoms with Gasteiger partial charge in [-0.05, 0) is 31.4 Å². The van der Waals surface area contributed by atoms with Gasteiger partial charge in [0.25, 0.3) is 0 Å². The monoisotopic (exact) mass is 316 g/mol. The molecule has 0 unspecified atom stereocenters. The Kier molecular flexibility index (Phi) is 5.23. The van der Waals surface area contributed by atoms with Crippen LogP contribution in [0.2, 0.25) is 0 Å². The molecule has 1 saturated carbocycles. The molecule has 1 aliphatic rings. The van der Waals surface area contributed by atoms with Crippen LogP contribution < -0.4 is 10.0 Å². The van der Waals surface area contributed by atoms with Crippen molar-refractivity contribution < 1.29 is 8.42 Å². The van der Waals surface area contributed by atoms with Gasteiger partial charge in [0.2, 0.25) is 10.0 Å². The SMILES string of the molecule is Cc1cc(S(=O)(=O)NC2CCCC2)sc1CNC(C)C. The van der Waals surface area contributed by atoms with E-state index in [-0.39, 0.29) is 6.04 Å². The van der Waals surface area contributed by atoms with E-state index in [4.69, 9.17) is 0 Å². The fourth-order valence-electron chi connectivity index (χ4n) is 2.41. The van der Waals surface area contributed by atoms with Gasteiger partial charge in [0.05, 0.1) is 0 Å². The van der Waals surface area contributed by atoms with Crippen LogP contribution in [0.3, 0.4) is 0 Å². The average molecular weight is 316 g/mol. The van der Waals surface area contributed by atoms with E-state index in [1.807, 2.05) is 6.92 Å². The molecule has 0 bridgehead atoms. The smallest absolute Gasteiger partial charge is 0.250 e. The van der Waals surface area contributed by atoms with Crippen LogP contribution in [-0.4, -0.2) is 20.5 Å². The number of rotatable bonds is 6. The molecule has 1 heterocycles. The molecule has 2 rings (SSSR count). The molecule has 114 valence electrons. The maximum Gasteiger partial charge on any atom is 0.250 e. The molecule has 0 aromatic carbocycles. The predicted molar refractivity (Wildman–Crippen MR) is 83.6 cm³/mol. The van der Waals surface area contributed by atoms with Crippen molar-refractivity contribution in [3.63, 3.8) is 0 Å². The fourth-order valence-corrected chi connectivity index (χ4v) is 5.28. The summed E-state index contributed by atoms with van der Waals surface area (Å²) in [5.41, 5.74) is 1.05. The molecule has 1 fully saturated rings. The van der Waals surface area contributed by atoms with E-state index in [1.165, 1.54) is 11.3 Å². The molecule has 1 aromatic rings. The zero-order valence-corrected chi connectivity index (χ0v) is 14.0. The van der Waals surface area contributed by atoms with E-state index < -0.39 is 10.0 Å². The molecule has 20 heavy (non-hydrogen) atoms. The van der Waals surface area contributed by atoms with Gasteiger partial charge in [0.15, 0.2) is 0 Å². The lowest BCUT2D eigenvalue weighted by Gasteiger charge is -2.10. The largest absolute Gasteiger partial charge is 0.310 e. The first-order valence-corrected chi connectivity index (χ1v) is 9.53. The average Bonchev–Trinajstić information content (AvgIpc) is 2.96. The molecule has 0 amide bonds. The Hall–Kier alpha value is -0.430. The maximum atomic E-state index is 12.4. The Balaban J connectivity index is 2.09. The highest BCUT2D eigenvalue weighted by atomic mass is 32.2. The van der Waals surface area contributed by atoms with E-state index in [9.17, 15) is 8.42 Å². The lowest BCUT2D eigenvalue weighted by Crippen LogP contribution is -2.32. The number of sulfonamides is 1. The zero-order valence-electron chi connectivity index (χ0n) is 12.4. The van der Waals surface area contributed by atoms with Gasteiger partial charge >= 0.3 is 0 Å². The van der Waals surface area contributed by atoms with E-state index in [0.29, 0.717) is 10.3 Å². The number of aryl methyl sites for hydroxylation is 1. The molecule has 6 heteroatoms. The van der Waals surface area contributed by atoms with Gasteiger partial charge in [-0.3, -0.25) is 0 Å². The third kappa shape index (κ3) is 4.04. The second-order valence-corrected chi connectivity index (χ2v) is 8.89. The van der Waals surface area contributed by atoms with Crippen molar-refractivity contribution in [2.75, 3.05) is 0 Å². The Morgan fingerprint density at radius 2 is 2.00 bits per heavy atom. The highest BCUT2D eigenvalue weighted by Crippen LogP contribution is 2.27. The molecular weight excluding hydrogens is 292 g/mol. The summed E-state index contributed by atoms with van der Waals surface area (Å²) in [4.78, 5) is 1.10. The Morgan fingerprint density at radius 1 is 1.35 bits per heavy atom. The van der Waals surface area contributed by atoms with Crippen LogP contribution in [-0.2, 0) is 16.6 Å². The fraction of sp³-hybridized carbons (Fsp3) is 0.714. The third-order valence-electron chi connectivity index (χ3n) is 3.61. The molecule has 0 atom stereocenters. The number of thiophene rings is 1. The van der Waals surface area contributed by atoms with Gasteiger partial charge in [-0.2, -0.15) is 0 Å². The van der Waals surface area contributed by atoms with Crippen molar-refractivity contribution in [3.05, 3.63) is 16.5 Å². The standard InChI is InChI=1S/C14H24N2O2S2/c1-10(2)15-9-13-11(3)8-14(19-13)20(17,18)16-12-6-4-5-7-12/h8,10,12,15-16H,4-7,9H2,1-3H3. The quantitative estimate of drug-likeness (QED) is 0.848. The highest BCUT2D eigenvalue weighted by Gasteiger charge is 2.24. The molecule has 0 radical (unpaired) electrons. The van der Waals surface area contributed by atoms with Crippen LogP contribution in [0.25, 0.3) is 0 Å². The molecule has 0 aliphatic heterocycles. The van der Waals surface area contributed by atoms with Crippen LogP contribution in [0, 0.1) is 6.92 Å². The topological polar surface area (TPSA) is 58.2 Å². The van der Waals surface area contributed by atoms with Gasteiger partial charge < -0.3 is 5.32 Å². The summed E-state index contributed by atoms with van der Waals surface area (Å²) in [6, 6.07) is 2.31. The summed E-state index contributed by atoms with van der Waals surface area (Å²) < 4.78 is 28.0. The van der Waals surface area contributed by atoms with E-state index in [1.54, 1.807) is 6.07 Å². The number of nitrogens with one attached hydrogen (secondary N) is 2. The van der Waals surface area contributed by atoms with Crippen molar-refractivity contribution in [1.29, 1.82) is 0 Å². The van der Waals surface area contributed by atoms with E-state index in [0.717, 1.165) is 42.7 Å². The summed E-state index contributed by atoms with van der Waals surface area (Å²) in [5, 5.41) is 3.34. The van der Waals surface area contributed by atoms with E-state index in [2.05, 4.69) is 23.9 Å². The number of hydrogen-bond acceptors (Lipinski definition) is 4. The second-order valence-electron chi connectivity index (χ2n) is 5.81. The minimum atomic E-state index is -3.34. The van der Waals surface area contributed by atoms with Crippen molar-refractivity contribution in [2.24, 2.45) is 0 Å². The molecule has 1 aromatic heterocycles. The molecule has 0 saturated heterocycles. The van der Waals surface area contributed by atoms with Crippen molar-refractivity contribution in [2.45, 2.75) is 69.3 Å². The highest BCUT2D eigenvalue weighted by molar-refractivity contribution is 7.91. The minimum Gasteiger partial charge on any atom is -0.310 e. The van der Waals surface area contributed by atoms with Crippen LogP contribution >= 0.6 is 11.3 Å². The van der Waals surface area contributed by atoms with Crippen molar-refractivity contribution >= 4 is 21.4 Å². The normalized spacial score (nSPS) is 17.2. The maximum absolute atomic E-state index is 12.4. The minimum absolute atomic E-state index is 0.125. The number of hydrogen-bond donors (Lipinski definition) is 2. The van der Waals surface area contributed by atoms with Crippen molar-refractivity contribution in [1.82, 2.24) is 10.0 Å². The Bertz CT molecular complexity index is 544. The van der Waals surface area contributed by atoms with Gasteiger partial charge in [-0.25, -0.2) is 13.1 Å². The second kappa shape index (κ2) is 6.56.